The van der Waals surface area contributed by atoms with Crippen LogP contribution in [0.4, 0.5) is 17.6 Å². The molecule has 2 fully saturated rings. The number of ketones is 1. The highest BCUT2D eigenvalue weighted by molar-refractivity contribution is 6.40. The standard InChI is InChI=1S/C27H30Cl2F4N4O4/c1-26(25(40)41)7-3-17(4-8-26)37-23(27(31,32)33)18(13-34-37)24(39)36(16-5-9-35(2)10-6-16)14-21(38)22-19(28)11-15(30)12-20(22)29/h11-13,16-17H,3-10,14H2,1-2H3,(H,40,41)/t17-,26-. The minimum absolute atomic E-state index is 0.139. The Balaban J connectivity index is 1.69. The molecule has 224 valence electrons. The van der Waals surface area contributed by atoms with Gasteiger partial charge >= 0.3 is 12.1 Å². The molecule has 4 rings (SSSR count). The molecular formula is C27H30Cl2F4N4O4. The van der Waals surface area contributed by atoms with Crippen molar-refractivity contribution in [1.82, 2.24) is 19.6 Å². The highest BCUT2D eigenvalue weighted by atomic mass is 35.5. The maximum Gasteiger partial charge on any atom is 0.433 e. The van der Waals surface area contributed by atoms with Crippen molar-refractivity contribution in [3.8, 4) is 0 Å². The Morgan fingerprint density at radius 3 is 2.17 bits per heavy atom. The fourth-order valence-corrected chi connectivity index (χ4v) is 6.32. The summed E-state index contributed by atoms with van der Waals surface area (Å²) in [6, 6.07) is 0.480. The van der Waals surface area contributed by atoms with E-state index >= 15 is 0 Å². The summed E-state index contributed by atoms with van der Waals surface area (Å²) in [4.78, 5) is 41.9. The van der Waals surface area contributed by atoms with E-state index in [1.807, 2.05) is 11.9 Å². The lowest BCUT2D eigenvalue weighted by Gasteiger charge is -2.37. The predicted octanol–water partition coefficient (Wildman–Crippen LogP) is 5.97. The zero-order chi connectivity index (χ0) is 30.3. The van der Waals surface area contributed by atoms with Gasteiger partial charge in [-0.15, -0.1) is 0 Å². The number of amides is 1. The Kier molecular flexibility index (Phi) is 9.06. The molecule has 8 nitrogen and oxygen atoms in total. The van der Waals surface area contributed by atoms with E-state index in [-0.39, 0.29) is 41.3 Å². The van der Waals surface area contributed by atoms with Crippen molar-refractivity contribution in [3.05, 3.63) is 51.0 Å². The van der Waals surface area contributed by atoms with Gasteiger partial charge in [-0.25, -0.2) is 4.39 Å². The molecule has 2 aliphatic rings. The maximum absolute atomic E-state index is 14.5. The van der Waals surface area contributed by atoms with Gasteiger partial charge in [0, 0.05) is 6.04 Å². The van der Waals surface area contributed by atoms with Gasteiger partial charge in [0.25, 0.3) is 5.91 Å². The molecule has 1 aliphatic carbocycles. The van der Waals surface area contributed by atoms with E-state index < -0.39 is 65.0 Å². The molecule has 1 aromatic carbocycles. The molecule has 1 N–H and O–H groups in total. The first-order valence-electron chi connectivity index (χ1n) is 13.2. The van der Waals surface area contributed by atoms with Gasteiger partial charge in [0.15, 0.2) is 11.5 Å². The van der Waals surface area contributed by atoms with Crippen LogP contribution in [0.1, 0.15) is 77.9 Å². The van der Waals surface area contributed by atoms with E-state index in [1.165, 1.54) is 0 Å². The maximum atomic E-state index is 14.5. The first-order chi connectivity index (χ1) is 19.1. The molecule has 0 unspecified atom stereocenters. The third-order valence-corrected chi connectivity index (χ3v) is 8.80. The number of hydrogen-bond acceptors (Lipinski definition) is 5. The summed E-state index contributed by atoms with van der Waals surface area (Å²) in [5.41, 5.74) is -3.22. The lowest BCUT2D eigenvalue weighted by atomic mass is 9.74. The third-order valence-electron chi connectivity index (χ3n) is 8.20. The molecule has 1 aromatic heterocycles. The average Bonchev–Trinajstić information content (AvgIpc) is 3.33. The van der Waals surface area contributed by atoms with Gasteiger partial charge in [-0.3, -0.25) is 19.1 Å². The van der Waals surface area contributed by atoms with E-state index in [1.54, 1.807) is 6.92 Å². The normalized spacial score (nSPS) is 22.5. The van der Waals surface area contributed by atoms with E-state index in [2.05, 4.69) is 5.10 Å². The van der Waals surface area contributed by atoms with Crippen LogP contribution in [0.5, 0.6) is 0 Å². The Hall–Kier alpha value is -2.70. The summed E-state index contributed by atoms with van der Waals surface area (Å²) < 4.78 is 58.0. The van der Waals surface area contributed by atoms with Crippen molar-refractivity contribution in [2.24, 2.45) is 5.41 Å². The van der Waals surface area contributed by atoms with Crippen molar-refractivity contribution in [1.29, 1.82) is 0 Å². The summed E-state index contributed by atoms with van der Waals surface area (Å²) in [6.45, 7) is 2.04. The molecule has 14 heteroatoms. The van der Waals surface area contributed by atoms with Gasteiger partial charge < -0.3 is 14.9 Å². The van der Waals surface area contributed by atoms with Gasteiger partial charge in [0.2, 0.25) is 0 Å². The van der Waals surface area contributed by atoms with Crippen LogP contribution in [-0.2, 0) is 11.0 Å². The molecule has 41 heavy (non-hydrogen) atoms. The quantitative estimate of drug-likeness (QED) is 0.302. The van der Waals surface area contributed by atoms with E-state index in [9.17, 15) is 37.1 Å². The van der Waals surface area contributed by atoms with Crippen molar-refractivity contribution >= 4 is 40.9 Å². The summed E-state index contributed by atoms with van der Waals surface area (Å²) in [7, 11) is 1.87. The number of carbonyl (C=O) groups excluding carboxylic acids is 2. The fraction of sp³-hybridized carbons (Fsp3) is 0.556. The highest BCUT2D eigenvalue weighted by Crippen LogP contribution is 2.43. The Morgan fingerprint density at radius 2 is 1.66 bits per heavy atom. The number of carboxylic acid groups (broad SMARTS) is 1. The number of benzene rings is 1. The molecule has 1 aliphatic heterocycles. The van der Waals surface area contributed by atoms with Crippen LogP contribution in [0, 0.1) is 11.2 Å². The minimum Gasteiger partial charge on any atom is -0.481 e. The van der Waals surface area contributed by atoms with Crippen LogP contribution < -0.4 is 0 Å². The molecule has 0 bridgehead atoms. The summed E-state index contributed by atoms with van der Waals surface area (Å²) >= 11 is 12.1. The van der Waals surface area contributed by atoms with Crippen molar-refractivity contribution in [2.75, 3.05) is 26.7 Å². The second-order valence-corrected chi connectivity index (χ2v) is 11.9. The number of halogens is 6. The van der Waals surface area contributed by atoms with E-state index in [0.717, 1.165) is 27.9 Å². The molecule has 0 radical (unpaired) electrons. The van der Waals surface area contributed by atoms with Crippen molar-refractivity contribution in [2.45, 2.75) is 63.7 Å². The second-order valence-electron chi connectivity index (χ2n) is 11.1. The van der Waals surface area contributed by atoms with Crippen LogP contribution >= 0.6 is 23.2 Å². The molecule has 1 amide bonds. The zero-order valence-corrected chi connectivity index (χ0v) is 24.0. The highest BCUT2D eigenvalue weighted by Gasteiger charge is 2.45. The Morgan fingerprint density at radius 1 is 1.10 bits per heavy atom. The average molecular weight is 621 g/mol. The van der Waals surface area contributed by atoms with Gasteiger partial charge in [-0.1, -0.05) is 23.2 Å². The molecule has 2 heterocycles. The lowest BCUT2D eigenvalue weighted by Crippen LogP contribution is -2.49. The third kappa shape index (κ3) is 6.54. The predicted molar refractivity (Wildman–Crippen MR) is 143 cm³/mol. The number of nitrogens with zero attached hydrogens (tertiary/aromatic N) is 4. The summed E-state index contributed by atoms with van der Waals surface area (Å²) in [5.74, 6) is -3.54. The molecule has 0 atom stereocenters. The number of likely N-dealkylation sites (tertiary alicyclic amines) is 1. The molecule has 0 spiro atoms. The lowest BCUT2D eigenvalue weighted by molar-refractivity contribution is -0.152. The molecule has 1 saturated carbocycles. The number of aliphatic carboxylic acids is 1. The number of carbonyl (C=O) groups is 3. The number of aromatic nitrogens is 2. The van der Waals surface area contributed by atoms with Crippen LogP contribution in [0.2, 0.25) is 10.0 Å². The van der Waals surface area contributed by atoms with E-state index in [0.29, 0.717) is 25.9 Å². The summed E-state index contributed by atoms with van der Waals surface area (Å²) in [6.07, 6.45) is -2.69. The number of rotatable bonds is 7. The molecular weight excluding hydrogens is 591 g/mol. The molecule has 1 saturated heterocycles. The van der Waals surface area contributed by atoms with Crippen molar-refractivity contribution < 1.29 is 37.1 Å². The number of alkyl halides is 3. The Labute approximate surface area is 244 Å². The van der Waals surface area contributed by atoms with Crippen LogP contribution in [0.25, 0.3) is 0 Å². The largest absolute Gasteiger partial charge is 0.481 e. The number of hydrogen-bond donors (Lipinski definition) is 1. The topological polar surface area (TPSA) is 95.7 Å². The number of carboxylic acids is 1. The van der Waals surface area contributed by atoms with Crippen LogP contribution in [-0.4, -0.2) is 75.1 Å². The SMILES string of the molecule is CN1CCC(N(CC(=O)c2c(Cl)cc(F)cc2Cl)C(=O)c2cnn([C@H]3CC[C@](C)(C(=O)O)CC3)c2C(F)(F)F)CC1. The number of Topliss-reactive ketones (excluding diaryl/α,β-unsaturated/α-hetero) is 1. The first kappa shape index (κ1) is 31.2. The monoisotopic (exact) mass is 620 g/mol. The van der Waals surface area contributed by atoms with Gasteiger partial charge in [0.1, 0.15) is 5.82 Å². The van der Waals surface area contributed by atoms with Gasteiger partial charge in [-0.05, 0) is 77.7 Å². The first-order valence-corrected chi connectivity index (χ1v) is 13.9. The fourth-order valence-electron chi connectivity index (χ4n) is 5.65. The number of piperidine rings is 1. The van der Waals surface area contributed by atoms with Crippen LogP contribution in [0.15, 0.2) is 18.3 Å². The molecule has 2 aromatic rings. The Bertz CT molecular complexity index is 1310. The zero-order valence-electron chi connectivity index (χ0n) is 22.5. The van der Waals surface area contributed by atoms with Gasteiger partial charge in [0.05, 0.1) is 45.4 Å². The van der Waals surface area contributed by atoms with Crippen molar-refractivity contribution in [3.63, 3.8) is 0 Å². The van der Waals surface area contributed by atoms with Gasteiger partial charge in [-0.2, -0.15) is 18.3 Å². The smallest absolute Gasteiger partial charge is 0.433 e. The minimum atomic E-state index is -4.96. The summed E-state index contributed by atoms with van der Waals surface area (Å²) in [5, 5.41) is 12.9. The van der Waals surface area contributed by atoms with E-state index in [4.69, 9.17) is 23.2 Å². The van der Waals surface area contributed by atoms with Crippen LogP contribution in [0.3, 0.4) is 0 Å². The second kappa shape index (κ2) is 11.9.